The van der Waals surface area contributed by atoms with E-state index >= 15 is 0 Å². The summed E-state index contributed by atoms with van der Waals surface area (Å²) in [6, 6.07) is 10.4. The number of aromatic nitrogens is 4. The highest BCUT2D eigenvalue weighted by atomic mass is 19.4. The topological polar surface area (TPSA) is 119 Å². The fourth-order valence-corrected chi connectivity index (χ4v) is 4.33. The second-order valence-electron chi connectivity index (χ2n) is 7.95. The first-order chi connectivity index (χ1) is 16.7. The van der Waals surface area contributed by atoms with Crippen LogP contribution in [0, 0.1) is 0 Å². The number of carbonyl (C=O) groups is 1. The van der Waals surface area contributed by atoms with E-state index in [-0.39, 0.29) is 11.4 Å². The molecule has 2 aromatic heterocycles. The van der Waals surface area contributed by atoms with E-state index in [2.05, 4.69) is 20.0 Å². The second-order valence-corrected chi connectivity index (χ2v) is 7.95. The van der Waals surface area contributed by atoms with Gasteiger partial charge in [0.2, 0.25) is 0 Å². The number of benzene rings is 2. The third-order valence-corrected chi connectivity index (χ3v) is 5.81. The lowest BCUT2D eigenvalue weighted by atomic mass is 10.0. The van der Waals surface area contributed by atoms with Gasteiger partial charge in [-0.25, -0.2) is 5.10 Å². The highest BCUT2D eigenvalue weighted by Crippen LogP contribution is 2.36. The first kappa shape index (κ1) is 22.4. The van der Waals surface area contributed by atoms with Crippen molar-refractivity contribution < 1.29 is 22.7 Å². The van der Waals surface area contributed by atoms with Gasteiger partial charge in [0.05, 0.1) is 5.39 Å². The van der Waals surface area contributed by atoms with Gasteiger partial charge in [0, 0.05) is 29.9 Å². The van der Waals surface area contributed by atoms with Gasteiger partial charge in [0.1, 0.15) is 17.0 Å². The van der Waals surface area contributed by atoms with E-state index in [1.54, 1.807) is 16.8 Å². The zero-order valence-electron chi connectivity index (χ0n) is 18.4. The third-order valence-electron chi connectivity index (χ3n) is 5.81. The molecular formula is C23H19F3N6O3. The fourth-order valence-electron chi connectivity index (χ4n) is 4.33. The highest BCUT2D eigenvalue weighted by molar-refractivity contribution is 6.08. The molecule has 1 amide bonds. The molecular weight excluding hydrogens is 465 g/mol. The summed E-state index contributed by atoms with van der Waals surface area (Å²) in [5.74, 6) is -0.755. The normalized spacial score (nSPS) is 13.3. The lowest BCUT2D eigenvalue weighted by Crippen LogP contribution is -2.29. The van der Waals surface area contributed by atoms with E-state index in [4.69, 9.17) is 5.73 Å². The number of rotatable bonds is 4. The average molecular weight is 484 g/mol. The van der Waals surface area contributed by atoms with Crippen LogP contribution in [0.3, 0.4) is 0 Å². The molecule has 0 unspecified atom stereocenters. The molecule has 3 N–H and O–H groups in total. The van der Waals surface area contributed by atoms with Crippen LogP contribution < -0.4 is 20.9 Å². The van der Waals surface area contributed by atoms with E-state index in [0.29, 0.717) is 47.4 Å². The molecule has 0 bridgehead atoms. The van der Waals surface area contributed by atoms with Crippen LogP contribution in [0.1, 0.15) is 22.8 Å². The van der Waals surface area contributed by atoms with E-state index in [0.717, 1.165) is 17.7 Å². The van der Waals surface area contributed by atoms with Crippen LogP contribution in [0.2, 0.25) is 0 Å². The van der Waals surface area contributed by atoms with Crippen LogP contribution in [0.5, 0.6) is 5.75 Å². The minimum Gasteiger partial charge on any atom is -0.406 e. The van der Waals surface area contributed by atoms with Crippen LogP contribution in [0.4, 0.5) is 24.7 Å². The maximum Gasteiger partial charge on any atom is 0.573 e. The number of nitrogens with one attached hydrogen (secondary N) is 1. The predicted molar refractivity (Wildman–Crippen MR) is 122 cm³/mol. The Morgan fingerprint density at radius 2 is 2.03 bits per heavy atom. The summed E-state index contributed by atoms with van der Waals surface area (Å²) < 4.78 is 43.2. The van der Waals surface area contributed by atoms with E-state index in [1.165, 1.54) is 17.0 Å². The van der Waals surface area contributed by atoms with Crippen LogP contribution in [-0.2, 0) is 13.0 Å². The summed E-state index contributed by atoms with van der Waals surface area (Å²) in [5.41, 5.74) is 8.76. The average Bonchev–Trinajstić information content (AvgIpc) is 3.42. The number of aryl methyl sites for hydroxylation is 1. The van der Waals surface area contributed by atoms with E-state index in [9.17, 15) is 22.8 Å². The van der Waals surface area contributed by atoms with Gasteiger partial charge >= 0.3 is 6.36 Å². The summed E-state index contributed by atoms with van der Waals surface area (Å²) in [6.45, 7) is 2.66. The molecule has 0 fully saturated rings. The number of anilines is 2. The molecule has 0 spiro atoms. The molecule has 12 heteroatoms. The van der Waals surface area contributed by atoms with Crippen molar-refractivity contribution in [3.8, 4) is 17.0 Å². The van der Waals surface area contributed by atoms with Gasteiger partial charge in [-0.3, -0.25) is 14.3 Å². The first-order valence-electron chi connectivity index (χ1n) is 10.7. The number of amides is 1. The molecule has 0 saturated heterocycles. The molecule has 9 nitrogen and oxygen atoms in total. The predicted octanol–water partition coefficient (Wildman–Crippen LogP) is 3.49. The fraction of sp³-hybridized carbons (Fsp3) is 0.217. The highest BCUT2D eigenvalue weighted by Gasteiger charge is 2.32. The molecule has 35 heavy (non-hydrogen) atoms. The van der Waals surface area contributed by atoms with Gasteiger partial charge in [-0.1, -0.05) is 12.1 Å². The number of carbonyl (C=O) groups excluding carboxylic acids is 1. The Morgan fingerprint density at radius 3 is 2.77 bits per heavy atom. The van der Waals surface area contributed by atoms with Crippen LogP contribution in [-0.4, -0.2) is 38.8 Å². The number of nitrogens with zero attached hydrogens (tertiary/aromatic N) is 4. The number of nitrogen functional groups attached to an aromatic ring is 1. The number of nitrogens with two attached hydrogens (primary N) is 1. The Hall–Kier alpha value is -4.35. The Labute approximate surface area is 195 Å². The summed E-state index contributed by atoms with van der Waals surface area (Å²) in [6.07, 6.45) is -4.31. The Bertz CT molecular complexity index is 1530. The molecule has 4 aromatic rings. The van der Waals surface area contributed by atoms with E-state index < -0.39 is 23.6 Å². The van der Waals surface area contributed by atoms with Crippen molar-refractivity contribution in [2.75, 3.05) is 17.2 Å². The third kappa shape index (κ3) is 3.96. The number of alkyl halides is 3. The smallest absolute Gasteiger partial charge is 0.406 e. The monoisotopic (exact) mass is 484 g/mol. The summed E-state index contributed by atoms with van der Waals surface area (Å²) in [4.78, 5) is 26.9. The van der Waals surface area contributed by atoms with Crippen molar-refractivity contribution in [2.24, 2.45) is 0 Å². The Balaban J connectivity index is 1.50. The Kier molecular flexibility index (Phi) is 5.23. The number of fused-ring (bicyclic) bond motifs is 2. The maximum atomic E-state index is 13.1. The second kappa shape index (κ2) is 8.15. The molecule has 0 aliphatic carbocycles. The van der Waals surface area contributed by atoms with Crippen molar-refractivity contribution in [2.45, 2.75) is 26.3 Å². The lowest BCUT2D eigenvalue weighted by Gasteiger charge is -2.18. The van der Waals surface area contributed by atoms with Crippen molar-refractivity contribution >= 4 is 28.3 Å². The first-order valence-corrected chi connectivity index (χ1v) is 10.7. The van der Waals surface area contributed by atoms with Gasteiger partial charge in [-0.05, 0) is 49.2 Å². The quantitative estimate of drug-likeness (QED) is 0.458. The minimum absolute atomic E-state index is 0.0782. The molecule has 0 saturated carbocycles. The van der Waals surface area contributed by atoms with Crippen LogP contribution >= 0.6 is 0 Å². The van der Waals surface area contributed by atoms with Crippen LogP contribution in [0.25, 0.3) is 22.2 Å². The van der Waals surface area contributed by atoms with Crippen molar-refractivity contribution in [1.29, 1.82) is 0 Å². The minimum atomic E-state index is -4.85. The molecule has 2 aromatic carbocycles. The molecule has 1 aliphatic heterocycles. The SMILES string of the molecule is CCn1nc(-c2ccc3c(c2)CCN3C(=O)c2cccc(OC(F)(F)F)c2)c2c(N)n[nH]c(=O)c21. The number of aromatic amines is 1. The number of H-pyrrole nitrogens is 1. The number of ether oxygens (including phenoxy) is 1. The van der Waals surface area contributed by atoms with Gasteiger partial charge in [0.15, 0.2) is 5.82 Å². The largest absolute Gasteiger partial charge is 0.573 e. The number of hydrogen-bond acceptors (Lipinski definition) is 6. The molecule has 0 radical (unpaired) electrons. The molecule has 0 atom stereocenters. The van der Waals surface area contributed by atoms with Crippen molar-refractivity contribution in [3.63, 3.8) is 0 Å². The lowest BCUT2D eigenvalue weighted by molar-refractivity contribution is -0.274. The van der Waals surface area contributed by atoms with Gasteiger partial charge < -0.3 is 15.4 Å². The summed E-state index contributed by atoms with van der Waals surface area (Å²) >= 11 is 0. The molecule has 3 heterocycles. The van der Waals surface area contributed by atoms with Crippen LogP contribution in [0.15, 0.2) is 47.3 Å². The van der Waals surface area contributed by atoms with Gasteiger partial charge in [0.25, 0.3) is 11.5 Å². The molecule has 1 aliphatic rings. The number of hydrogen-bond donors (Lipinski definition) is 2. The Morgan fingerprint density at radius 1 is 1.23 bits per heavy atom. The van der Waals surface area contributed by atoms with E-state index in [1.807, 2.05) is 13.0 Å². The van der Waals surface area contributed by atoms with Crippen molar-refractivity contribution in [3.05, 3.63) is 63.9 Å². The number of halogens is 3. The van der Waals surface area contributed by atoms with Crippen molar-refractivity contribution in [1.82, 2.24) is 20.0 Å². The zero-order chi connectivity index (χ0) is 24.9. The summed E-state index contributed by atoms with van der Waals surface area (Å²) in [5, 5.41) is 11.2. The van der Waals surface area contributed by atoms with Gasteiger partial charge in [-0.2, -0.15) is 10.2 Å². The zero-order valence-corrected chi connectivity index (χ0v) is 18.4. The molecule has 5 rings (SSSR count). The van der Waals surface area contributed by atoms with Gasteiger partial charge in [-0.15, -0.1) is 13.2 Å². The summed E-state index contributed by atoms with van der Waals surface area (Å²) in [7, 11) is 0. The standard InChI is InChI=1S/C23H19F3N6O3/c1-2-32-19-17(20(27)28-29-21(19)33)18(30-32)13-6-7-16-12(10-13)8-9-31(16)22(34)14-4-3-5-15(11-14)35-23(24,25)26/h3-7,10-11H,2,8-9H2,1H3,(H2,27,28)(H,29,33). The maximum absolute atomic E-state index is 13.1. The molecule has 180 valence electrons.